The highest BCUT2D eigenvalue weighted by atomic mass is 32.1. The number of carbonyl (C=O) groups is 1. The second-order valence-corrected chi connectivity index (χ2v) is 20.5. The highest BCUT2D eigenvalue weighted by Gasteiger charge is 2.04. The summed E-state index contributed by atoms with van der Waals surface area (Å²) < 4.78 is 6.09. The first-order valence-corrected chi connectivity index (χ1v) is 26.9. The molecule has 0 saturated carbocycles. The van der Waals surface area contributed by atoms with Crippen LogP contribution in [0, 0.1) is 48.5 Å². The van der Waals surface area contributed by atoms with Crippen LogP contribution in [-0.4, -0.2) is 50.9 Å². The van der Waals surface area contributed by atoms with Gasteiger partial charge in [0.15, 0.2) is 11.4 Å². The average Bonchev–Trinajstić information content (AvgIpc) is 4.39. The molecule has 82 heavy (non-hydrogen) atoms. The molecular formula is C64H69N15O2S. The molecule has 10 heterocycles. The zero-order valence-corrected chi connectivity index (χ0v) is 47.8. The maximum atomic E-state index is 10.6. The van der Waals surface area contributed by atoms with Crippen LogP contribution in [0.3, 0.4) is 0 Å². The number of anilines is 4. The minimum absolute atomic E-state index is 0.372. The standard InChI is InChI=1S/C9H10N2.C8H9N3.C8H8N2S.2C8H8N2.C8H9NO.C8H11N.C7H6N2O/c1-6-4-7-2-3-8(10)5-9(7)11-6;2*1-5-4-6-7(11-5)2-3-10-8(6)9;1-6-4-7-5-9-3-2-8(7)10-6;1-6-5-8-7(10-6)3-2-4-9-8;1-6-3-2-4-7(5-6)8(9)10;1-7-3-2-4-8(5-7)6-9;8-7-5-3-1-2-4-6(5)10-9-7/h2-5,11H,10H2,1H3;2-4,11H,1H3,(H2,9,10);2-4H,1H3,(H2,9,10);2*2-5,10H,1H3;2-5H,1H3,(H2,9,10);2-5H,6,9H2,1H3;1-4H,(H2,8,9). The van der Waals surface area contributed by atoms with E-state index in [1.807, 2.05) is 150 Å². The van der Waals surface area contributed by atoms with Crippen LogP contribution >= 0.6 is 11.3 Å². The van der Waals surface area contributed by atoms with Crippen LogP contribution in [-0.2, 0) is 6.54 Å². The normalized spacial score (nSPS) is 10.3. The van der Waals surface area contributed by atoms with Gasteiger partial charge in [0.1, 0.15) is 11.6 Å². The van der Waals surface area contributed by atoms with Gasteiger partial charge >= 0.3 is 0 Å². The van der Waals surface area contributed by atoms with Gasteiger partial charge in [-0.1, -0.05) is 70.9 Å². The van der Waals surface area contributed by atoms with Crippen molar-refractivity contribution in [2.24, 2.45) is 11.5 Å². The molecule has 16 N–H and O–H groups in total. The van der Waals surface area contributed by atoms with Gasteiger partial charge in [-0.15, -0.1) is 11.3 Å². The number of hydrogen-bond donors (Lipinski definition) is 10. The van der Waals surface area contributed by atoms with Crippen molar-refractivity contribution in [2.75, 3.05) is 22.9 Å². The Morgan fingerprint density at radius 2 is 1.16 bits per heavy atom. The summed E-state index contributed by atoms with van der Waals surface area (Å²) in [5.41, 5.74) is 48.6. The molecule has 0 aliphatic heterocycles. The number of fused-ring (bicyclic) bond motifs is 6. The van der Waals surface area contributed by atoms with Gasteiger partial charge in [0.2, 0.25) is 5.91 Å². The van der Waals surface area contributed by atoms with Crippen LogP contribution in [0.4, 0.5) is 23.1 Å². The van der Waals surface area contributed by atoms with Gasteiger partial charge in [0, 0.05) is 108 Å². The molecule has 0 unspecified atom stereocenters. The number of benzene rings is 4. The lowest BCUT2D eigenvalue weighted by molar-refractivity contribution is 0.1000. The fraction of sp³-hybridized carbons (Fsp3) is 0.125. The van der Waals surface area contributed by atoms with Crippen molar-refractivity contribution in [1.82, 2.24) is 45.0 Å². The van der Waals surface area contributed by atoms with Crippen LogP contribution < -0.4 is 34.4 Å². The summed E-state index contributed by atoms with van der Waals surface area (Å²) >= 11 is 1.75. The molecule has 14 aromatic rings. The van der Waals surface area contributed by atoms with Crippen molar-refractivity contribution in [2.45, 2.75) is 55.0 Å². The number of primary amides is 1. The smallest absolute Gasteiger partial charge is 0.248 e. The Balaban J connectivity index is 0.000000135. The first kappa shape index (κ1) is 59.4. The third kappa shape index (κ3) is 17.1. The maximum absolute atomic E-state index is 10.6. The quantitative estimate of drug-likeness (QED) is 0.0723. The van der Waals surface area contributed by atoms with Gasteiger partial charge in [0.25, 0.3) is 0 Å². The topological polar surface area (TPSA) is 314 Å². The van der Waals surface area contributed by atoms with E-state index < -0.39 is 0 Å². The molecule has 1 amide bonds. The number of aromatic amines is 4. The monoisotopic (exact) mass is 1110 g/mol. The summed E-state index contributed by atoms with van der Waals surface area (Å²) in [6.45, 7) is 14.8. The van der Waals surface area contributed by atoms with Gasteiger partial charge < -0.3 is 58.9 Å². The Morgan fingerprint density at radius 3 is 1.82 bits per heavy atom. The Kier molecular flexibility index (Phi) is 20.7. The van der Waals surface area contributed by atoms with E-state index in [9.17, 15) is 4.79 Å². The van der Waals surface area contributed by atoms with Crippen molar-refractivity contribution in [3.05, 3.63) is 233 Å². The number of nitrogen functional groups attached to an aromatic ring is 4. The number of nitrogens with zero attached hydrogens (tertiary/aromatic N) is 5. The van der Waals surface area contributed by atoms with Crippen molar-refractivity contribution in [3.63, 3.8) is 0 Å². The van der Waals surface area contributed by atoms with E-state index in [1.165, 1.54) is 42.9 Å². The van der Waals surface area contributed by atoms with Crippen LogP contribution in [0.15, 0.2) is 187 Å². The number of aryl methyl sites for hydroxylation is 7. The number of aromatic nitrogens is 9. The van der Waals surface area contributed by atoms with Crippen molar-refractivity contribution >= 4 is 105 Å². The van der Waals surface area contributed by atoms with E-state index in [-0.39, 0.29) is 5.91 Å². The number of nitrogens with one attached hydrogen (secondary N) is 4. The number of nitrogens with two attached hydrogens (primary N) is 6. The average molecular weight is 1110 g/mol. The van der Waals surface area contributed by atoms with E-state index in [2.05, 4.69) is 89.2 Å². The molecule has 0 radical (unpaired) electrons. The van der Waals surface area contributed by atoms with E-state index in [4.69, 9.17) is 38.9 Å². The first-order chi connectivity index (χ1) is 39.4. The van der Waals surface area contributed by atoms with Crippen LogP contribution in [0.1, 0.15) is 54.7 Å². The van der Waals surface area contributed by atoms with Crippen molar-refractivity contribution < 1.29 is 9.32 Å². The van der Waals surface area contributed by atoms with Gasteiger partial charge in [-0.2, -0.15) is 0 Å². The Bertz CT molecular complexity index is 4090. The van der Waals surface area contributed by atoms with Gasteiger partial charge in [-0.3, -0.25) is 14.8 Å². The summed E-state index contributed by atoms with van der Waals surface area (Å²) in [5, 5.41) is 8.96. The predicted octanol–water partition coefficient (Wildman–Crippen LogP) is 13.4. The van der Waals surface area contributed by atoms with Gasteiger partial charge in [-0.05, 0) is 156 Å². The number of amides is 1. The van der Waals surface area contributed by atoms with Crippen molar-refractivity contribution in [1.29, 1.82) is 0 Å². The first-order valence-electron chi connectivity index (χ1n) is 26.1. The van der Waals surface area contributed by atoms with E-state index in [0.717, 1.165) is 72.0 Å². The van der Waals surface area contributed by atoms with Crippen molar-refractivity contribution in [3.8, 4) is 0 Å². The molecule has 4 aromatic carbocycles. The number of rotatable bonds is 2. The third-order valence-corrected chi connectivity index (χ3v) is 13.2. The predicted molar refractivity (Wildman–Crippen MR) is 340 cm³/mol. The molecule has 0 atom stereocenters. The lowest BCUT2D eigenvalue weighted by atomic mass is 10.1. The number of hydrogen-bond acceptors (Lipinski definition) is 13. The minimum Gasteiger partial charge on any atom is -0.399 e. The number of pyridine rings is 4. The summed E-state index contributed by atoms with van der Waals surface area (Å²) in [6, 6.07) is 48.9. The molecule has 0 aliphatic carbocycles. The summed E-state index contributed by atoms with van der Waals surface area (Å²) in [4.78, 5) is 40.8. The highest BCUT2D eigenvalue weighted by Crippen LogP contribution is 2.27. The number of carbonyl (C=O) groups excluding carboxylic acids is 1. The van der Waals surface area contributed by atoms with Gasteiger partial charge in [0.05, 0.1) is 21.9 Å². The molecule has 0 bridgehead atoms. The molecule has 17 nitrogen and oxygen atoms in total. The summed E-state index contributed by atoms with van der Waals surface area (Å²) in [6.07, 6.45) is 8.90. The van der Waals surface area contributed by atoms with Crippen LogP contribution in [0.2, 0.25) is 0 Å². The Labute approximate surface area is 479 Å². The summed E-state index contributed by atoms with van der Waals surface area (Å²) in [5.74, 6) is 1.30. The molecule has 0 aliphatic rings. The van der Waals surface area contributed by atoms with E-state index >= 15 is 0 Å². The fourth-order valence-corrected chi connectivity index (χ4v) is 9.29. The van der Waals surface area contributed by atoms with E-state index in [0.29, 0.717) is 29.6 Å². The molecule has 14 rings (SSSR count). The molecule has 418 valence electrons. The second-order valence-electron chi connectivity index (χ2n) is 19.2. The highest BCUT2D eigenvalue weighted by molar-refractivity contribution is 7.19. The second kappa shape index (κ2) is 28.5. The van der Waals surface area contributed by atoms with E-state index in [1.54, 1.807) is 48.3 Å². The molecule has 0 saturated heterocycles. The lowest BCUT2D eigenvalue weighted by Gasteiger charge is -1.95. The molecular weight excluding hydrogens is 1040 g/mol. The Hall–Kier alpha value is -10.3. The maximum Gasteiger partial charge on any atom is 0.248 e. The van der Waals surface area contributed by atoms with Crippen LogP contribution in [0.5, 0.6) is 0 Å². The summed E-state index contributed by atoms with van der Waals surface area (Å²) in [7, 11) is 0. The number of thiophene rings is 1. The van der Waals surface area contributed by atoms with Gasteiger partial charge in [-0.25, -0.2) is 9.97 Å². The zero-order chi connectivity index (χ0) is 58.7. The SMILES string of the molecule is Cc1cc2c(N)nccc2[nH]1.Cc1cc2c(N)nccc2s1.Cc1cc2ccc(N)cc2[nH]1.Cc1cc2cnccc2[nH]1.Cc1cc2ncccc2[nH]1.Cc1cccc(C(N)=O)c1.Cc1cccc(CN)c1.Nc1noc2ccccc12. The largest absolute Gasteiger partial charge is 0.399 e. The minimum atomic E-state index is -0.372. The Morgan fingerprint density at radius 1 is 0.512 bits per heavy atom. The number of H-pyrrole nitrogens is 4. The lowest BCUT2D eigenvalue weighted by Crippen LogP contribution is -2.10. The number of para-hydroxylation sites is 1. The molecule has 10 aromatic heterocycles. The fourth-order valence-electron chi connectivity index (χ4n) is 8.37. The zero-order valence-electron chi connectivity index (χ0n) is 47.0. The van der Waals surface area contributed by atoms with Crippen LogP contribution in [0.25, 0.3) is 64.8 Å². The molecule has 0 spiro atoms. The molecule has 0 fully saturated rings. The third-order valence-electron chi connectivity index (χ3n) is 12.2. The molecule has 18 heteroatoms.